The molecule has 4 atom stereocenters. The number of para-hydroxylation sites is 1. The lowest BCUT2D eigenvalue weighted by atomic mass is 9.85. The summed E-state index contributed by atoms with van der Waals surface area (Å²) in [5, 5.41) is 19.1. The van der Waals surface area contributed by atoms with Crippen molar-refractivity contribution in [2.75, 3.05) is 32.2 Å². The first-order valence-corrected chi connectivity index (χ1v) is 24.0. The number of aliphatic hydroxyl groups excluding tert-OH is 1. The number of fused-ring (bicyclic) bond motifs is 3. The van der Waals surface area contributed by atoms with Gasteiger partial charge in [-0.05, 0) is 76.8 Å². The van der Waals surface area contributed by atoms with Crippen molar-refractivity contribution in [3.8, 4) is 49.8 Å². The molecule has 0 unspecified atom stereocenters. The van der Waals surface area contributed by atoms with Crippen molar-refractivity contribution in [2.24, 2.45) is 5.41 Å². The number of thiazole rings is 1. The number of carbonyl (C=O) groups excluding carboxylic acids is 4. The molecule has 2 aliphatic heterocycles. The maximum absolute atomic E-state index is 15.5. The molecule has 6 aromatic rings. The van der Waals surface area contributed by atoms with E-state index in [2.05, 4.69) is 20.9 Å². The molecule has 13 nitrogen and oxygen atoms in total. The number of hydrogen-bond donors (Lipinski definition) is 4. The number of nitrogens with one attached hydrogen (secondary N) is 3. The zero-order chi connectivity index (χ0) is 48.8. The Morgan fingerprint density at radius 1 is 0.942 bits per heavy atom. The van der Waals surface area contributed by atoms with Gasteiger partial charge in [-0.25, -0.2) is 14.4 Å². The summed E-state index contributed by atoms with van der Waals surface area (Å²) in [5.74, 6) is -1.27. The molecule has 8 rings (SSSR count). The Balaban J connectivity index is 0.862. The highest BCUT2D eigenvalue weighted by Crippen LogP contribution is 2.41. The van der Waals surface area contributed by atoms with Gasteiger partial charge in [0.2, 0.25) is 23.6 Å². The summed E-state index contributed by atoms with van der Waals surface area (Å²) in [6, 6.07) is 30.6. The van der Waals surface area contributed by atoms with Crippen LogP contribution in [0.5, 0.6) is 5.75 Å². The molecule has 69 heavy (non-hydrogen) atoms. The van der Waals surface area contributed by atoms with E-state index in [1.807, 2.05) is 110 Å². The minimum Gasteiger partial charge on any atom is -0.496 e. The van der Waals surface area contributed by atoms with E-state index >= 15 is 4.39 Å². The van der Waals surface area contributed by atoms with Crippen molar-refractivity contribution in [2.45, 2.75) is 84.3 Å². The second-order valence-corrected chi connectivity index (χ2v) is 19.4. The summed E-state index contributed by atoms with van der Waals surface area (Å²) in [4.78, 5) is 65.6. The normalized spacial score (nSPS) is 17.0. The molecule has 0 saturated carbocycles. The van der Waals surface area contributed by atoms with Crippen LogP contribution in [0.3, 0.4) is 0 Å². The highest BCUT2D eigenvalue weighted by molar-refractivity contribution is 7.13. The van der Waals surface area contributed by atoms with Crippen LogP contribution in [-0.2, 0) is 43.3 Å². The van der Waals surface area contributed by atoms with Gasteiger partial charge in [-0.3, -0.25) is 19.2 Å². The number of aryl methyl sites for hydroxylation is 2. The number of β-amino-alcohol motifs (C(OH)–C–C–N with tert-alkyl or cyclic N) is 1. The fourth-order valence-corrected chi connectivity index (χ4v) is 9.71. The van der Waals surface area contributed by atoms with Crippen LogP contribution in [0.15, 0.2) is 109 Å². The molecule has 4 heterocycles. The van der Waals surface area contributed by atoms with E-state index in [4.69, 9.17) is 14.5 Å². The maximum Gasteiger partial charge on any atom is 0.246 e. The van der Waals surface area contributed by atoms with Gasteiger partial charge in [-0.2, -0.15) is 0 Å². The largest absolute Gasteiger partial charge is 0.496 e. The molecule has 2 aromatic heterocycles. The molecule has 1 saturated heterocycles. The van der Waals surface area contributed by atoms with Crippen molar-refractivity contribution < 1.29 is 38.1 Å². The van der Waals surface area contributed by atoms with Crippen LogP contribution in [0.4, 0.5) is 10.1 Å². The Hall–Kier alpha value is -6.81. The number of nitrogens with zero attached hydrogens (tertiary/aromatic N) is 3. The highest BCUT2D eigenvalue weighted by atomic mass is 32.1. The van der Waals surface area contributed by atoms with Gasteiger partial charge in [0.05, 0.1) is 59.8 Å². The maximum atomic E-state index is 15.5. The Morgan fingerprint density at radius 3 is 2.41 bits per heavy atom. The Bertz CT molecular complexity index is 2830. The number of anilines is 1. The average Bonchev–Trinajstić information content (AvgIpc) is 3.87. The number of aliphatic hydroxyl groups is 1. The summed E-state index contributed by atoms with van der Waals surface area (Å²) < 4.78 is 27.3. The van der Waals surface area contributed by atoms with E-state index < -0.39 is 54.0 Å². The molecular weight excluding hydrogens is 896 g/mol. The van der Waals surface area contributed by atoms with E-state index in [9.17, 15) is 24.3 Å². The van der Waals surface area contributed by atoms with Crippen LogP contribution < -0.4 is 20.7 Å². The quantitative estimate of drug-likeness (QED) is 0.0700. The Kier molecular flexibility index (Phi) is 15.0. The minimum atomic E-state index is -2.01. The number of pyridine rings is 1. The fraction of sp³-hybridized carbons (Fsp3) is 0.333. The first kappa shape index (κ1) is 48.6. The topological polar surface area (TPSA) is 172 Å². The van der Waals surface area contributed by atoms with E-state index in [-0.39, 0.29) is 31.9 Å². The standard InChI is InChI=1S/C54H57FN6O7S/c1-32-50(69-31-57-32)36-19-17-33(18-20-36)29-56-52(65)49-47(55)43(62)30-61(49)53(66)51(54(2,3)4)60-45(63)23-25-68-24-11-14-35-21-22-37(26-44(35)67-5)39-27-42(34-12-7-6-8-13-34)59-48-38-15-9-10-16-41(38)58-46(64)28-40(39)48/h6-10,12-13,15-22,26-27,31,43,47,49,51,62H,11,14,23-25,28-30H2,1-5H3,(H,56,65)(H,58,64)(H,60,63)/t43-,47-,49-,51+/m0/s1. The van der Waals surface area contributed by atoms with Gasteiger partial charge in [0, 0.05) is 30.7 Å². The summed E-state index contributed by atoms with van der Waals surface area (Å²) >= 11 is 1.53. The molecule has 15 heteroatoms. The van der Waals surface area contributed by atoms with Crippen molar-refractivity contribution in [1.82, 2.24) is 25.5 Å². The second-order valence-electron chi connectivity index (χ2n) is 18.5. The van der Waals surface area contributed by atoms with Gasteiger partial charge in [0.1, 0.15) is 23.9 Å². The number of hydrogen-bond acceptors (Lipinski definition) is 10. The Morgan fingerprint density at radius 2 is 1.68 bits per heavy atom. The fourth-order valence-electron chi connectivity index (χ4n) is 8.90. The monoisotopic (exact) mass is 952 g/mol. The van der Waals surface area contributed by atoms with Crippen LogP contribution in [-0.4, -0.2) is 94.8 Å². The van der Waals surface area contributed by atoms with E-state index in [1.165, 1.54) is 11.3 Å². The molecule has 4 N–H and O–H groups in total. The number of amides is 4. The lowest BCUT2D eigenvalue weighted by molar-refractivity contribution is -0.145. The molecule has 0 bridgehead atoms. The van der Waals surface area contributed by atoms with Gasteiger partial charge in [-0.1, -0.05) is 106 Å². The van der Waals surface area contributed by atoms with Crippen molar-refractivity contribution in [3.05, 3.63) is 131 Å². The molecule has 0 spiro atoms. The van der Waals surface area contributed by atoms with Gasteiger partial charge in [-0.15, -0.1) is 11.3 Å². The van der Waals surface area contributed by atoms with Gasteiger partial charge < -0.3 is 35.4 Å². The van der Waals surface area contributed by atoms with Crippen LogP contribution >= 0.6 is 11.3 Å². The van der Waals surface area contributed by atoms with Crippen molar-refractivity contribution >= 4 is 40.7 Å². The van der Waals surface area contributed by atoms with Crippen molar-refractivity contribution in [3.63, 3.8) is 0 Å². The minimum absolute atomic E-state index is 0.0404. The predicted molar refractivity (Wildman–Crippen MR) is 265 cm³/mol. The molecular formula is C54H57FN6O7S. The van der Waals surface area contributed by atoms with Crippen LogP contribution in [0.25, 0.3) is 44.1 Å². The lowest BCUT2D eigenvalue weighted by Crippen LogP contribution is -2.58. The second kappa shape index (κ2) is 21.2. The summed E-state index contributed by atoms with van der Waals surface area (Å²) in [7, 11) is 1.63. The number of ether oxygens (including phenoxy) is 2. The van der Waals surface area contributed by atoms with Gasteiger partial charge >= 0.3 is 0 Å². The SMILES string of the molecule is COc1cc(-c2cc(-c3ccccc3)nc3c2CC(=O)Nc2ccccc2-3)ccc1CCCOCCC(=O)N[C@H](C(=O)N1C[C@H](O)[C@H](F)[C@H]1C(=O)NCc1ccc(-c2scnc2C)cc1)C(C)(C)C. The van der Waals surface area contributed by atoms with Gasteiger partial charge in [0.25, 0.3) is 0 Å². The lowest BCUT2D eigenvalue weighted by Gasteiger charge is -2.35. The number of methoxy groups -OCH3 is 1. The average molecular weight is 953 g/mol. The summed E-state index contributed by atoms with van der Waals surface area (Å²) in [5.41, 5.74) is 11.3. The molecule has 358 valence electrons. The van der Waals surface area contributed by atoms with Crippen LogP contribution in [0.1, 0.15) is 56.0 Å². The molecule has 0 radical (unpaired) electrons. The Labute approximate surface area is 405 Å². The zero-order valence-electron chi connectivity index (χ0n) is 39.4. The number of alkyl halides is 1. The summed E-state index contributed by atoms with van der Waals surface area (Å²) in [6.07, 6.45) is -2.21. The third-order valence-corrected chi connectivity index (χ3v) is 13.6. The first-order valence-electron chi connectivity index (χ1n) is 23.1. The zero-order valence-corrected chi connectivity index (χ0v) is 40.2. The number of rotatable bonds is 16. The third-order valence-electron chi connectivity index (χ3n) is 12.6. The first-order chi connectivity index (χ1) is 33.2. The molecule has 4 aromatic carbocycles. The van der Waals surface area contributed by atoms with E-state index in [1.54, 1.807) is 33.4 Å². The number of halogens is 1. The molecule has 0 aliphatic carbocycles. The van der Waals surface area contributed by atoms with Crippen LogP contribution in [0.2, 0.25) is 0 Å². The number of carbonyl (C=O) groups is 4. The molecule has 4 amide bonds. The third kappa shape index (κ3) is 11.1. The summed E-state index contributed by atoms with van der Waals surface area (Å²) in [6.45, 7) is 7.37. The number of aromatic nitrogens is 2. The van der Waals surface area contributed by atoms with Crippen LogP contribution in [0, 0.1) is 12.3 Å². The smallest absolute Gasteiger partial charge is 0.246 e. The number of likely N-dealkylation sites (tertiary alicyclic amines) is 1. The van der Waals surface area contributed by atoms with E-state index in [0.717, 1.165) is 77.1 Å². The molecule has 1 fully saturated rings. The van der Waals surface area contributed by atoms with Gasteiger partial charge in [0.15, 0.2) is 6.17 Å². The van der Waals surface area contributed by atoms with E-state index in [0.29, 0.717) is 25.2 Å². The number of benzene rings is 4. The molecule has 2 aliphatic rings. The predicted octanol–water partition coefficient (Wildman–Crippen LogP) is 8.11. The van der Waals surface area contributed by atoms with Crippen molar-refractivity contribution in [1.29, 1.82) is 0 Å². The highest BCUT2D eigenvalue weighted by Gasteiger charge is 2.50.